The summed E-state index contributed by atoms with van der Waals surface area (Å²) in [5.74, 6) is -2.97. The highest BCUT2D eigenvalue weighted by Crippen LogP contribution is 2.36. The van der Waals surface area contributed by atoms with Crippen molar-refractivity contribution in [1.29, 1.82) is 0 Å². The predicted molar refractivity (Wildman–Crippen MR) is 45.4 cm³/mol. The first-order valence-electron chi connectivity index (χ1n) is 4.40. The molecule has 0 spiro atoms. The molecule has 0 radical (unpaired) electrons. The van der Waals surface area contributed by atoms with Crippen molar-refractivity contribution in [2.45, 2.75) is 33.1 Å². The SMILES string of the molecule is CC(C)(C)CC1CNCC1(F)F. The monoisotopic (exact) mass is 177 g/mol. The Hall–Kier alpha value is -0.180. The Morgan fingerprint density at radius 1 is 1.42 bits per heavy atom. The summed E-state index contributed by atoms with van der Waals surface area (Å²) in [7, 11) is 0. The molecule has 0 aliphatic carbocycles. The van der Waals surface area contributed by atoms with E-state index in [1.54, 1.807) is 0 Å². The van der Waals surface area contributed by atoms with Gasteiger partial charge in [0.15, 0.2) is 0 Å². The third-order valence-corrected chi connectivity index (χ3v) is 2.21. The Bertz CT molecular complexity index is 160. The molecule has 3 heteroatoms. The molecular weight excluding hydrogens is 160 g/mol. The third kappa shape index (κ3) is 2.41. The minimum absolute atomic E-state index is 0.000116. The number of rotatable bonds is 1. The quantitative estimate of drug-likeness (QED) is 0.648. The molecule has 1 nitrogen and oxygen atoms in total. The molecule has 0 amide bonds. The molecule has 1 aliphatic rings. The summed E-state index contributed by atoms with van der Waals surface area (Å²) in [6.07, 6.45) is 0.590. The molecule has 1 heterocycles. The number of nitrogens with one attached hydrogen (secondary N) is 1. The van der Waals surface area contributed by atoms with Gasteiger partial charge in [0, 0.05) is 12.5 Å². The van der Waals surface area contributed by atoms with Crippen LogP contribution in [0.25, 0.3) is 0 Å². The maximum Gasteiger partial charge on any atom is 0.264 e. The van der Waals surface area contributed by atoms with Gasteiger partial charge in [-0.15, -0.1) is 0 Å². The van der Waals surface area contributed by atoms with Gasteiger partial charge in [-0.2, -0.15) is 0 Å². The lowest BCUT2D eigenvalue weighted by atomic mass is 9.83. The number of alkyl halides is 2. The standard InChI is InChI=1S/C9H17F2N/c1-8(2,3)4-7-5-12-6-9(7,10)11/h7,12H,4-6H2,1-3H3. The Morgan fingerprint density at radius 2 is 2.00 bits per heavy atom. The number of hydrogen-bond acceptors (Lipinski definition) is 1. The van der Waals surface area contributed by atoms with Gasteiger partial charge in [0.1, 0.15) is 0 Å². The second-order valence-electron chi connectivity index (χ2n) is 4.85. The Balaban J connectivity index is 2.53. The fourth-order valence-electron chi connectivity index (χ4n) is 1.67. The zero-order valence-corrected chi connectivity index (χ0v) is 7.95. The minimum Gasteiger partial charge on any atom is -0.311 e. The van der Waals surface area contributed by atoms with Crippen LogP contribution in [0.5, 0.6) is 0 Å². The van der Waals surface area contributed by atoms with Crippen LogP contribution in [0.2, 0.25) is 0 Å². The minimum atomic E-state index is -2.49. The van der Waals surface area contributed by atoms with Gasteiger partial charge in [-0.1, -0.05) is 20.8 Å². The molecule has 1 aliphatic heterocycles. The number of halogens is 2. The number of hydrogen-bond donors (Lipinski definition) is 1. The average molecular weight is 177 g/mol. The first-order valence-corrected chi connectivity index (χ1v) is 4.40. The second kappa shape index (κ2) is 2.95. The lowest BCUT2D eigenvalue weighted by Gasteiger charge is -2.26. The smallest absolute Gasteiger partial charge is 0.264 e. The molecule has 0 saturated carbocycles. The fraction of sp³-hybridized carbons (Fsp3) is 1.00. The Morgan fingerprint density at radius 3 is 2.33 bits per heavy atom. The molecular formula is C9H17F2N. The van der Waals surface area contributed by atoms with Gasteiger partial charge >= 0.3 is 0 Å². The van der Waals surface area contributed by atoms with Crippen LogP contribution in [0, 0.1) is 11.3 Å². The van der Waals surface area contributed by atoms with Crippen LogP contribution in [-0.4, -0.2) is 19.0 Å². The van der Waals surface area contributed by atoms with E-state index in [-0.39, 0.29) is 12.0 Å². The maximum absolute atomic E-state index is 13.1. The van der Waals surface area contributed by atoms with E-state index in [0.717, 1.165) is 0 Å². The van der Waals surface area contributed by atoms with Crippen molar-refractivity contribution in [2.24, 2.45) is 11.3 Å². The van der Waals surface area contributed by atoms with Crippen LogP contribution < -0.4 is 5.32 Å². The summed E-state index contributed by atoms with van der Waals surface area (Å²) in [6.45, 7) is 6.32. The fourth-order valence-corrected chi connectivity index (χ4v) is 1.67. The summed E-state index contributed by atoms with van der Waals surface area (Å²) in [4.78, 5) is 0. The van der Waals surface area contributed by atoms with Crippen LogP contribution in [0.15, 0.2) is 0 Å². The van der Waals surface area contributed by atoms with Crippen LogP contribution in [0.4, 0.5) is 8.78 Å². The largest absolute Gasteiger partial charge is 0.311 e. The van der Waals surface area contributed by atoms with Crippen LogP contribution in [0.3, 0.4) is 0 Å². The third-order valence-electron chi connectivity index (χ3n) is 2.21. The predicted octanol–water partition coefficient (Wildman–Crippen LogP) is 2.28. The highest BCUT2D eigenvalue weighted by Gasteiger charge is 2.44. The summed E-state index contributed by atoms with van der Waals surface area (Å²) in [5.41, 5.74) is 0.000116. The molecule has 0 aromatic carbocycles. The lowest BCUT2D eigenvalue weighted by molar-refractivity contribution is -0.0344. The molecule has 0 aromatic rings. The van der Waals surface area contributed by atoms with Gasteiger partial charge in [0.25, 0.3) is 5.92 Å². The molecule has 1 rings (SSSR count). The van der Waals surface area contributed by atoms with Crippen molar-refractivity contribution in [3.63, 3.8) is 0 Å². The van der Waals surface area contributed by atoms with Crippen LogP contribution in [0.1, 0.15) is 27.2 Å². The van der Waals surface area contributed by atoms with E-state index in [1.807, 2.05) is 20.8 Å². The molecule has 0 bridgehead atoms. The second-order valence-corrected chi connectivity index (χ2v) is 4.85. The average Bonchev–Trinajstić information content (AvgIpc) is 2.07. The van der Waals surface area contributed by atoms with E-state index in [9.17, 15) is 8.78 Å². The first-order chi connectivity index (χ1) is 5.31. The lowest BCUT2D eigenvalue weighted by Crippen LogP contribution is -2.29. The van der Waals surface area contributed by atoms with E-state index in [2.05, 4.69) is 5.32 Å². The molecule has 1 atom stereocenters. The van der Waals surface area contributed by atoms with Crippen LogP contribution in [-0.2, 0) is 0 Å². The summed E-state index contributed by atoms with van der Waals surface area (Å²) in [6, 6.07) is 0. The van der Waals surface area contributed by atoms with E-state index in [0.29, 0.717) is 13.0 Å². The zero-order chi connectivity index (χ0) is 9.41. The molecule has 72 valence electrons. The first kappa shape index (κ1) is 9.90. The van der Waals surface area contributed by atoms with E-state index in [4.69, 9.17) is 0 Å². The normalized spacial score (nSPS) is 29.2. The van der Waals surface area contributed by atoms with Gasteiger partial charge in [-0.25, -0.2) is 8.78 Å². The van der Waals surface area contributed by atoms with E-state index in [1.165, 1.54) is 0 Å². The van der Waals surface area contributed by atoms with Gasteiger partial charge in [0.2, 0.25) is 0 Å². The topological polar surface area (TPSA) is 12.0 Å². The van der Waals surface area contributed by atoms with Crippen molar-refractivity contribution in [3.8, 4) is 0 Å². The molecule has 1 N–H and O–H groups in total. The molecule has 1 saturated heterocycles. The summed E-state index contributed by atoms with van der Waals surface area (Å²) >= 11 is 0. The van der Waals surface area contributed by atoms with Crippen molar-refractivity contribution in [3.05, 3.63) is 0 Å². The highest BCUT2D eigenvalue weighted by molar-refractivity contribution is 4.89. The summed E-state index contributed by atoms with van der Waals surface area (Å²) < 4.78 is 26.2. The van der Waals surface area contributed by atoms with Gasteiger partial charge in [-0.3, -0.25) is 0 Å². The van der Waals surface area contributed by atoms with E-state index < -0.39 is 11.8 Å². The molecule has 0 aromatic heterocycles. The Kier molecular flexibility index (Phi) is 2.43. The molecule has 1 fully saturated rings. The van der Waals surface area contributed by atoms with Crippen LogP contribution >= 0.6 is 0 Å². The van der Waals surface area contributed by atoms with Crippen molar-refractivity contribution in [1.82, 2.24) is 5.32 Å². The Labute approximate surface area is 72.5 Å². The molecule has 1 unspecified atom stereocenters. The van der Waals surface area contributed by atoms with Gasteiger partial charge in [0.05, 0.1) is 6.54 Å². The molecule has 12 heavy (non-hydrogen) atoms. The van der Waals surface area contributed by atoms with Gasteiger partial charge in [-0.05, 0) is 11.8 Å². The van der Waals surface area contributed by atoms with Crippen molar-refractivity contribution < 1.29 is 8.78 Å². The van der Waals surface area contributed by atoms with E-state index >= 15 is 0 Å². The zero-order valence-electron chi connectivity index (χ0n) is 7.95. The van der Waals surface area contributed by atoms with Crippen molar-refractivity contribution >= 4 is 0 Å². The maximum atomic E-state index is 13.1. The van der Waals surface area contributed by atoms with Crippen molar-refractivity contribution in [2.75, 3.05) is 13.1 Å². The summed E-state index contributed by atoms with van der Waals surface area (Å²) in [5, 5.41) is 2.74. The highest BCUT2D eigenvalue weighted by atomic mass is 19.3. The van der Waals surface area contributed by atoms with Gasteiger partial charge < -0.3 is 5.32 Å².